The van der Waals surface area contributed by atoms with Crippen molar-refractivity contribution in [2.45, 2.75) is 44.9 Å². The molecule has 246 valence electrons. The molecule has 0 radical (unpaired) electrons. The Labute approximate surface area is 281 Å². The second-order valence-corrected chi connectivity index (χ2v) is 12.3. The number of hydrogen-bond acceptors (Lipinski definition) is 5. The SMILES string of the molecule is CC(C)(CNC(=O)CN(Cc1ccc(-c2ccccc2)cc1)C(=O)C(Cc1cnc[nH]1)NC(=O)OCc1ccccc1)c1ccccc1. The molecule has 0 bridgehead atoms. The van der Waals surface area contributed by atoms with Gasteiger partial charge in [-0.15, -0.1) is 0 Å². The van der Waals surface area contributed by atoms with E-state index in [9.17, 15) is 14.4 Å². The minimum atomic E-state index is -1.02. The minimum Gasteiger partial charge on any atom is -0.445 e. The maximum Gasteiger partial charge on any atom is 0.408 e. The molecule has 3 N–H and O–H groups in total. The number of carbonyl (C=O) groups is 3. The van der Waals surface area contributed by atoms with Crippen LogP contribution in [0.1, 0.15) is 36.2 Å². The second kappa shape index (κ2) is 16.2. The number of carbonyl (C=O) groups excluding carboxylic acids is 3. The van der Waals surface area contributed by atoms with Crippen molar-refractivity contribution in [2.24, 2.45) is 0 Å². The molecule has 5 aromatic rings. The van der Waals surface area contributed by atoms with Crippen molar-refractivity contribution >= 4 is 17.9 Å². The molecule has 9 heteroatoms. The molecule has 0 fully saturated rings. The lowest BCUT2D eigenvalue weighted by atomic mass is 9.84. The lowest BCUT2D eigenvalue weighted by molar-refractivity contribution is -0.138. The van der Waals surface area contributed by atoms with Crippen LogP contribution < -0.4 is 10.6 Å². The molecule has 1 aromatic heterocycles. The maximum atomic E-state index is 14.3. The molecular formula is C39H41N5O4. The fraction of sp³-hybridized carbons (Fsp3) is 0.231. The van der Waals surface area contributed by atoms with Crippen LogP contribution in [0.2, 0.25) is 0 Å². The first-order valence-electron chi connectivity index (χ1n) is 16.0. The molecule has 0 aliphatic carbocycles. The first-order valence-corrected chi connectivity index (χ1v) is 16.0. The Morgan fingerprint density at radius 1 is 0.812 bits per heavy atom. The molecule has 0 aliphatic rings. The largest absolute Gasteiger partial charge is 0.445 e. The average Bonchev–Trinajstić information content (AvgIpc) is 3.64. The molecule has 0 spiro atoms. The maximum absolute atomic E-state index is 14.3. The van der Waals surface area contributed by atoms with Gasteiger partial charge in [0.2, 0.25) is 11.8 Å². The van der Waals surface area contributed by atoms with E-state index >= 15 is 0 Å². The van der Waals surface area contributed by atoms with E-state index in [4.69, 9.17) is 4.74 Å². The molecule has 5 rings (SSSR count). The fourth-order valence-electron chi connectivity index (χ4n) is 5.35. The van der Waals surface area contributed by atoms with Gasteiger partial charge in [-0.3, -0.25) is 9.59 Å². The molecule has 3 amide bonds. The number of amides is 3. The van der Waals surface area contributed by atoms with Crippen LogP contribution in [0.25, 0.3) is 11.1 Å². The Bertz CT molecular complexity index is 1740. The summed E-state index contributed by atoms with van der Waals surface area (Å²) >= 11 is 0. The summed E-state index contributed by atoms with van der Waals surface area (Å²) in [5.41, 5.74) is 5.19. The van der Waals surface area contributed by atoms with E-state index in [1.807, 2.05) is 115 Å². The number of H-pyrrole nitrogens is 1. The van der Waals surface area contributed by atoms with E-state index < -0.39 is 18.0 Å². The third-order valence-electron chi connectivity index (χ3n) is 8.15. The smallest absolute Gasteiger partial charge is 0.408 e. The first-order chi connectivity index (χ1) is 23.3. The van der Waals surface area contributed by atoms with Gasteiger partial charge < -0.3 is 25.3 Å². The zero-order valence-electron chi connectivity index (χ0n) is 27.3. The quantitative estimate of drug-likeness (QED) is 0.137. The van der Waals surface area contributed by atoms with Gasteiger partial charge in [0, 0.05) is 36.8 Å². The van der Waals surface area contributed by atoms with Gasteiger partial charge >= 0.3 is 6.09 Å². The summed E-state index contributed by atoms with van der Waals surface area (Å²) in [6, 6.07) is 36.1. The van der Waals surface area contributed by atoms with Gasteiger partial charge in [-0.05, 0) is 27.8 Å². The van der Waals surface area contributed by atoms with Gasteiger partial charge in [0.05, 0.1) is 12.9 Å². The Morgan fingerprint density at radius 3 is 2.08 bits per heavy atom. The summed E-state index contributed by atoms with van der Waals surface area (Å²) in [6.45, 7) is 4.50. The highest BCUT2D eigenvalue weighted by Gasteiger charge is 2.30. The molecule has 1 heterocycles. The number of imidazole rings is 1. The van der Waals surface area contributed by atoms with Crippen LogP contribution in [0.15, 0.2) is 128 Å². The summed E-state index contributed by atoms with van der Waals surface area (Å²) in [4.78, 5) is 49.2. The third-order valence-corrected chi connectivity index (χ3v) is 8.15. The molecule has 1 atom stereocenters. The van der Waals surface area contributed by atoms with Gasteiger partial charge in [-0.2, -0.15) is 0 Å². The third kappa shape index (κ3) is 9.65. The van der Waals surface area contributed by atoms with Gasteiger partial charge in [-0.1, -0.05) is 129 Å². The molecule has 0 saturated heterocycles. The van der Waals surface area contributed by atoms with Gasteiger partial charge in [-0.25, -0.2) is 9.78 Å². The van der Waals surface area contributed by atoms with E-state index in [0.717, 1.165) is 27.8 Å². The number of nitrogens with zero attached hydrogens (tertiary/aromatic N) is 2. The summed E-state index contributed by atoms with van der Waals surface area (Å²) in [7, 11) is 0. The number of nitrogens with one attached hydrogen (secondary N) is 3. The van der Waals surface area contributed by atoms with Crippen molar-refractivity contribution in [3.05, 3.63) is 150 Å². The Balaban J connectivity index is 1.34. The number of benzene rings is 4. The molecule has 0 saturated carbocycles. The van der Waals surface area contributed by atoms with Crippen LogP contribution in [0.4, 0.5) is 4.79 Å². The molecule has 48 heavy (non-hydrogen) atoms. The summed E-state index contributed by atoms with van der Waals surface area (Å²) in [5.74, 6) is -0.730. The van der Waals surface area contributed by atoms with Gasteiger partial charge in [0.15, 0.2) is 0 Å². The zero-order valence-corrected chi connectivity index (χ0v) is 27.3. The lowest BCUT2D eigenvalue weighted by Crippen LogP contribution is -2.52. The number of aromatic amines is 1. The number of aromatic nitrogens is 2. The van der Waals surface area contributed by atoms with E-state index in [2.05, 4.69) is 34.4 Å². The standard InChI is InChI=1S/C39H41N5O4/c1-39(2,33-16-10-5-11-17-33)27-41-36(45)25-44(24-29-18-20-32(21-19-29)31-14-8-4-9-15-31)37(46)35(22-34-23-40-28-42-34)43-38(47)48-26-30-12-6-3-7-13-30/h3-21,23,28,35H,22,24-27H2,1-2H3,(H,40,42)(H,41,45)(H,43,47). The molecule has 4 aromatic carbocycles. The van der Waals surface area contributed by atoms with Crippen LogP contribution in [0.5, 0.6) is 0 Å². The fourth-order valence-corrected chi connectivity index (χ4v) is 5.35. The predicted molar refractivity (Wildman–Crippen MR) is 186 cm³/mol. The van der Waals surface area contributed by atoms with Crippen molar-refractivity contribution in [1.29, 1.82) is 0 Å². The van der Waals surface area contributed by atoms with Crippen LogP contribution in [0.3, 0.4) is 0 Å². The summed E-state index contributed by atoms with van der Waals surface area (Å²) in [5, 5.41) is 5.77. The normalized spacial score (nSPS) is 11.7. The molecule has 9 nitrogen and oxygen atoms in total. The van der Waals surface area contributed by atoms with Crippen LogP contribution in [-0.4, -0.2) is 51.9 Å². The van der Waals surface area contributed by atoms with Crippen molar-refractivity contribution in [3.8, 4) is 11.1 Å². The zero-order chi connectivity index (χ0) is 33.8. The predicted octanol–water partition coefficient (Wildman–Crippen LogP) is 6.04. The van der Waals surface area contributed by atoms with Crippen LogP contribution in [0, 0.1) is 0 Å². The topological polar surface area (TPSA) is 116 Å². The van der Waals surface area contributed by atoms with E-state index in [1.165, 1.54) is 11.2 Å². The molecule has 0 aliphatic heterocycles. The molecule has 1 unspecified atom stereocenters. The summed E-state index contributed by atoms with van der Waals surface area (Å²) in [6.07, 6.45) is 2.50. The minimum absolute atomic E-state index is 0.0503. The van der Waals surface area contributed by atoms with Gasteiger partial charge in [0.1, 0.15) is 12.6 Å². The van der Waals surface area contributed by atoms with Crippen molar-refractivity contribution < 1.29 is 19.1 Å². The lowest BCUT2D eigenvalue weighted by Gasteiger charge is -2.29. The first kappa shape index (κ1) is 33.7. The average molecular weight is 644 g/mol. The second-order valence-electron chi connectivity index (χ2n) is 12.3. The van der Waals surface area contributed by atoms with E-state index in [1.54, 1.807) is 6.20 Å². The number of rotatable bonds is 14. The van der Waals surface area contributed by atoms with Gasteiger partial charge in [0.25, 0.3) is 0 Å². The Morgan fingerprint density at radius 2 is 1.44 bits per heavy atom. The monoisotopic (exact) mass is 643 g/mol. The molecular weight excluding hydrogens is 602 g/mol. The highest BCUT2D eigenvalue weighted by Crippen LogP contribution is 2.22. The highest BCUT2D eigenvalue weighted by atomic mass is 16.5. The van der Waals surface area contributed by atoms with Crippen LogP contribution in [-0.2, 0) is 39.3 Å². The van der Waals surface area contributed by atoms with Crippen LogP contribution >= 0.6 is 0 Å². The Hall–Kier alpha value is -5.70. The van der Waals surface area contributed by atoms with E-state index in [0.29, 0.717) is 12.2 Å². The number of ether oxygens (including phenoxy) is 1. The van der Waals surface area contributed by atoms with Crippen molar-refractivity contribution in [3.63, 3.8) is 0 Å². The Kier molecular flexibility index (Phi) is 11.4. The van der Waals surface area contributed by atoms with Crippen molar-refractivity contribution in [1.82, 2.24) is 25.5 Å². The number of alkyl carbamates (subject to hydrolysis) is 1. The number of hydrogen-bond donors (Lipinski definition) is 3. The van der Waals surface area contributed by atoms with Crippen molar-refractivity contribution in [2.75, 3.05) is 13.1 Å². The summed E-state index contributed by atoms with van der Waals surface area (Å²) < 4.78 is 5.45. The van der Waals surface area contributed by atoms with E-state index in [-0.39, 0.29) is 37.4 Å². The highest BCUT2D eigenvalue weighted by molar-refractivity contribution is 5.89.